The van der Waals surface area contributed by atoms with Crippen LogP contribution in [0.15, 0.2) is 70.1 Å². The van der Waals surface area contributed by atoms with E-state index in [1.165, 1.54) is 24.3 Å². The van der Waals surface area contributed by atoms with Crippen LogP contribution in [0.5, 0.6) is 0 Å². The molecule has 0 radical (unpaired) electrons. The number of aliphatic carboxylic acids is 1. The van der Waals surface area contributed by atoms with E-state index in [-0.39, 0.29) is 65.0 Å². The minimum Gasteiger partial charge on any atom is -0.748 e. The molecule has 21 nitrogen and oxygen atoms in total. The van der Waals surface area contributed by atoms with E-state index < -0.39 is 78.6 Å². The van der Waals surface area contributed by atoms with E-state index in [1.54, 1.807) is 39.2 Å². The Balaban J connectivity index is 1.76. The molecule has 2 aromatic rings. The number of unbranched alkanes of at least 4 members (excludes halogenated alkanes) is 2. The van der Waals surface area contributed by atoms with Gasteiger partial charge in [0, 0.05) is 72.5 Å². The highest BCUT2D eigenvalue weighted by Gasteiger charge is 2.48. The number of carbonyl (C=O) groups is 1. The van der Waals surface area contributed by atoms with Crippen molar-refractivity contribution in [2.24, 2.45) is 0 Å². The van der Waals surface area contributed by atoms with Crippen molar-refractivity contribution in [2.75, 3.05) is 96.1 Å². The standard InChI is InChI=1S/C44H64N2O19S4/c1-43(17-8-30-66(49,50)51)36-32-34(68(55,56)57)13-15-38(36)45(19-6-4-5-12-42(47)48)40(43)10-7-11-41-44(2,18-9-31-67(52,53)54)37-33-35(69(58,59)60)14-16-39(37)46(41)20-21-62-24-25-64-28-29-65-27-26-63-23-22-61-3/h7,10-11,13-16,32-33H,4-6,8-9,12,17-31H2,1-3H3,(H4-,47,48,49,50,51,52,53,54,55,56,57,58,59,60)/p-3. The van der Waals surface area contributed by atoms with Crippen LogP contribution >= 0.6 is 0 Å². The molecule has 388 valence electrons. The average molecular weight is 1050 g/mol. The van der Waals surface area contributed by atoms with Gasteiger partial charge in [-0.2, -0.15) is 4.58 Å². The van der Waals surface area contributed by atoms with Gasteiger partial charge in [0.15, 0.2) is 5.71 Å². The Kier molecular flexibility index (Phi) is 21.5. The zero-order valence-corrected chi connectivity index (χ0v) is 42.1. The molecular formula is C44H61N2O19S4-3. The van der Waals surface area contributed by atoms with Gasteiger partial charge in [-0.25, -0.2) is 33.7 Å². The Morgan fingerprint density at radius 1 is 0.667 bits per heavy atom. The Bertz CT molecular complexity index is 2630. The molecule has 0 aromatic heterocycles. The van der Waals surface area contributed by atoms with Crippen LogP contribution in [0.25, 0.3) is 0 Å². The minimum absolute atomic E-state index is 0.000660. The molecule has 2 aliphatic rings. The Labute approximate surface area is 405 Å². The van der Waals surface area contributed by atoms with Gasteiger partial charge in [-0.1, -0.05) is 6.08 Å². The van der Waals surface area contributed by atoms with Crippen LogP contribution in [0, 0.1) is 0 Å². The molecule has 1 N–H and O–H groups in total. The maximum Gasteiger partial charge on any atom is 0.303 e. The van der Waals surface area contributed by atoms with E-state index >= 15 is 0 Å². The third-order valence-electron chi connectivity index (χ3n) is 11.9. The first kappa shape index (κ1) is 57.9. The van der Waals surface area contributed by atoms with Crippen LogP contribution in [0.1, 0.15) is 76.3 Å². The van der Waals surface area contributed by atoms with Crippen molar-refractivity contribution in [3.8, 4) is 0 Å². The number of rotatable bonds is 33. The predicted octanol–water partition coefficient (Wildman–Crippen LogP) is 3.08. The van der Waals surface area contributed by atoms with Crippen LogP contribution in [-0.4, -0.2) is 164 Å². The van der Waals surface area contributed by atoms with E-state index in [4.69, 9.17) is 23.7 Å². The van der Waals surface area contributed by atoms with Gasteiger partial charge in [-0.15, -0.1) is 0 Å². The van der Waals surface area contributed by atoms with Gasteiger partial charge in [0.05, 0.1) is 94.9 Å². The molecular weight excluding hydrogens is 989 g/mol. The number of allylic oxidation sites excluding steroid dienone is 4. The number of carboxylic acids is 1. The van der Waals surface area contributed by atoms with Gasteiger partial charge < -0.3 is 51.9 Å². The van der Waals surface area contributed by atoms with Crippen LogP contribution in [0.3, 0.4) is 0 Å². The second kappa shape index (κ2) is 25.6. The molecule has 2 aliphatic heterocycles. The molecule has 2 unspecified atom stereocenters. The van der Waals surface area contributed by atoms with Gasteiger partial charge in [0.25, 0.3) is 0 Å². The summed E-state index contributed by atoms with van der Waals surface area (Å²) >= 11 is 0. The van der Waals surface area contributed by atoms with Gasteiger partial charge in [-0.3, -0.25) is 4.79 Å². The SMILES string of the molecule is COCCOCCOCCOCCOCCN1/C(=C/C=C/C2=[N+](CCCCCC(=O)O)c3ccc(S(=O)(=O)[O-])cc3C2(C)CCCS(=O)(=O)[O-])C(C)(CCCS(=O)(=O)[O-])c2cc(S(=O)(=O)[O-])ccc21. The number of benzene rings is 2. The summed E-state index contributed by atoms with van der Waals surface area (Å²) in [5.41, 5.74) is 0.227. The maximum atomic E-state index is 12.3. The van der Waals surface area contributed by atoms with E-state index in [1.807, 2.05) is 9.48 Å². The molecule has 0 bridgehead atoms. The number of hydrogen-bond acceptors (Lipinski definition) is 19. The van der Waals surface area contributed by atoms with Crippen molar-refractivity contribution in [1.29, 1.82) is 0 Å². The highest BCUT2D eigenvalue weighted by Crippen LogP contribution is 2.51. The number of anilines is 1. The Morgan fingerprint density at radius 3 is 1.70 bits per heavy atom. The summed E-state index contributed by atoms with van der Waals surface area (Å²) in [6.45, 7) is 6.69. The second-order valence-corrected chi connectivity index (χ2v) is 22.7. The first-order valence-corrected chi connectivity index (χ1v) is 28.2. The van der Waals surface area contributed by atoms with E-state index in [0.717, 1.165) is 12.1 Å². The summed E-state index contributed by atoms with van der Waals surface area (Å²) in [6.07, 6.45) is 5.91. The number of fused-ring (bicyclic) bond motifs is 2. The lowest BCUT2D eigenvalue weighted by Crippen LogP contribution is -2.32. The fraction of sp³-hybridized carbons (Fsp3) is 0.591. The van der Waals surface area contributed by atoms with Crippen molar-refractivity contribution in [3.05, 3.63) is 71.5 Å². The summed E-state index contributed by atoms with van der Waals surface area (Å²) in [7, 11) is -17.7. The molecule has 2 heterocycles. The minimum atomic E-state index is -4.97. The van der Waals surface area contributed by atoms with Crippen LogP contribution in [-0.2, 0) is 79.8 Å². The predicted molar refractivity (Wildman–Crippen MR) is 247 cm³/mol. The first-order valence-electron chi connectivity index (χ1n) is 22.2. The zero-order chi connectivity index (χ0) is 51.1. The highest BCUT2D eigenvalue weighted by molar-refractivity contribution is 7.86. The lowest BCUT2D eigenvalue weighted by Gasteiger charge is -2.31. The molecule has 2 aromatic carbocycles. The number of hydrogen-bond donors (Lipinski definition) is 1. The molecule has 0 fully saturated rings. The summed E-state index contributed by atoms with van der Waals surface area (Å²) in [5.74, 6) is -2.46. The molecule has 69 heavy (non-hydrogen) atoms. The summed E-state index contributed by atoms with van der Waals surface area (Å²) in [6, 6.07) is 7.66. The fourth-order valence-corrected chi connectivity index (χ4v) is 10.6. The molecule has 0 saturated carbocycles. The lowest BCUT2D eigenvalue weighted by atomic mass is 9.75. The zero-order valence-electron chi connectivity index (χ0n) is 38.9. The topological polar surface area (TPSA) is 318 Å². The second-order valence-electron chi connectivity index (χ2n) is 16.9. The summed E-state index contributed by atoms with van der Waals surface area (Å²) in [4.78, 5) is 12.0. The van der Waals surface area contributed by atoms with Crippen molar-refractivity contribution in [1.82, 2.24) is 0 Å². The third kappa shape index (κ3) is 17.2. The number of nitrogens with zero attached hydrogens (tertiary/aromatic N) is 2. The van der Waals surface area contributed by atoms with E-state index in [2.05, 4.69) is 0 Å². The Hall–Kier alpha value is -3.70. The van der Waals surface area contributed by atoms with Gasteiger partial charge in [0.2, 0.25) is 5.69 Å². The fourth-order valence-electron chi connectivity index (χ4n) is 8.60. The van der Waals surface area contributed by atoms with Crippen LogP contribution in [0.2, 0.25) is 0 Å². The maximum absolute atomic E-state index is 12.3. The largest absolute Gasteiger partial charge is 0.748 e. The lowest BCUT2D eigenvalue weighted by molar-refractivity contribution is -0.438. The average Bonchev–Trinajstić information content (AvgIpc) is 3.61. The van der Waals surface area contributed by atoms with Crippen LogP contribution < -0.4 is 4.90 Å². The molecule has 4 rings (SSSR count). The van der Waals surface area contributed by atoms with Crippen molar-refractivity contribution in [3.63, 3.8) is 0 Å². The van der Waals surface area contributed by atoms with Crippen molar-refractivity contribution < 1.29 is 90.0 Å². The highest BCUT2D eigenvalue weighted by atomic mass is 32.2. The smallest absolute Gasteiger partial charge is 0.303 e. The molecule has 0 aliphatic carbocycles. The van der Waals surface area contributed by atoms with Gasteiger partial charge in [-0.05, 0) is 94.3 Å². The summed E-state index contributed by atoms with van der Waals surface area (Å²) < 4.78 is 174. The third-order valence-corrected chi connectivity index (χ3v) is 15.2. The quantitative estimate of drug-likeness (QED) is 0.0610. The Morgan fingerprint density at radius 2 is 1.17 bits per heavy atom. The number of carboxylic acid groups (broad SMARTS) is 1. The van der Waals surface area contributed by atoms with E-state index in [0.29, 0.717) is 92.8 Å². The van der Waals surface area contributed by atoms with Crippen molar-refractivity contribution in [2.45, 2.75) is 85.8 Å². The number of methoxy groups -OCH3 is 1. The molecule has 2 atom stereocenters. The molecule has 0 spiro atoms. The monoisotopic (exact) mass is 1050 g/mol. The molecule has 0 amide bonds. The molecule has 25 heteroatoms. The van der Waals surface area contributed by atoms with E-state index in [9.17, 15) is 61.8 Å². The normalized spacial score (nSPS) is 19.3. The van der Waals surface area contributed by atoms with Crippen molar-refractivity contribution >= 4 is 63.5 Å². The van der Waals surface area contributed by atoms with Gasteiger partial charge in [0.1, 0.15) is 26.8 Å². The number of ether oxygens (including phenoxy) is 5. The molecule has 0 saturated heterocycles. The van der Waals surface area contributed by atoms with Crippen LogP contribution in [0.4, 0.5) is 11.4 Å². The first-order chi connectivity index (χ1) is 32.3. The summed E-state index contributed by atoms with van der Waals surface area (Å²) in [5, 5.41) is 9.20. The van der Waals surface area contributed by atoms with Gasteiger partial charge >= 0.3 is 5.97 Å².